The van der Waals surface area contributed by atoms with Gasteiger partial charge in [0.2, 0.25) is 0 Å². The Bertz CT molecular complexity index is 1280. The molecule has 0 amide bonds. The molecule has 0 radical (unpaired) electrons. The largest absolute Gasteiger partial charge is 0.394 e. The van der Waals surface area contributed by atoms with Crippen molar-refractivity contribution < 1.29 is 17.9 Å². The number of aromatic nitrogens is 5. The number of halogens is 3. The minimum absolute atomic E-state index is 0.0563. The Labute approximate surface area is 194 Å². The van der Waals surface area contributed by atoms with Gasteiger partial charge in [-0.2, -0.15) is 18.3 Å². The van der Waals surface area contributed by atoms with Crippen LogP contribution in [-0.4, -0.2) is 37.5 Å². The molecule has 34 heavy (non-hydrogen) atoms. The van der Waals surface area contributed by atoms with Crippen molar-refractivity contribution in [1.29, 1.82) is 0 Å². The van der Waals surface area contributed by atoms with Crippen LogP contribution in [0, 0.1) is 12.3 Å². The van der Waals surface area contributed by atoms with E-state index in [1.807, 2.05) is 23.9 Å². The molecular formula is C25H26F3N5O. The van der Waals surface area contributed by atoms with Gasteiger partial charge in [-0.15, -0.1) is 0 Å². The van der Waals surface area contributed by atoms with Crippen molar-refractivity contribution in [3.05, 3.63) is 47.3 Å². The van der Waals surface area contributed by atoms with Gasteiger partial charge in [0.15, 0.2) is 0 Å². The van der Waals surface area contributed by atoms with Gasteiger partial charge in [0.1, 0.15) is 5.52 Å². The molecule has 0 unspecified atom stereocenters. The Kier molecular flexibility index (Phi) is 4.14. The highest BCUT2D eigenvalue weighted by Gasteiger charge is 2.79. The van der Waals surface area contributed by atoms with Gasteiger partial charge in [0.05, 0.1) is 40.7 Å². The maximum Gasteiger partial charge on any atom is 0.394 e. The van der Waals surface area contributed by atoms with Crippen molar-refractivity contribution in [1.82, 2.24) is 24.7 Å². The molecule has 3 aromatic heterocycles. The second-order valence-electron chi connectivity index (χ2n) is 10.9. The maximum atomic E-state index is 13.5. The predicted octanol–water partition coefficient (Wildman–Crippen LogP) is 5.48. The fraction of sp³-hybridized carbons (Fsp3) is 0.600. The molecule has 0 N–H and O–H groups in total. The molecule has 4 heterocycles. The minimum Gasteiger partial charge on any atom is -0.373 e. The first-order chi connectivity index (χ1) is 16.3. The number of ether oxygens (including phenoxy) is 1. The Balaban J connectivity index is 1.22. The van der Waals surface area contributed by atoms with Crippen LogP contribution in [-0.2, 0) is 10.2 Å². The average Bonchev–Trinajstić information content (AvgIpc) is 3.47. The molecule has 3 aromatic rings. The normalized spacial score (nSPS) is 32.9. The van der Waals surface area contributed by atoms with Gasteiger partial charge < -0.3 is 4.74 Å². The Morgan fingerprint density at radius 1 is 1.09 bits per heavy atom. The van der Waals surface area contributed by atoms with Crippen LogP contribution in [0.1, 0.15) is 85.7 Å². The monoisotopic (exact) mass is 469 g/mol. The van der Waals surface area contributed by atoms with E-state index >= 15 is 0 Å². The lowest BCUT2D eigenvalue weighted by molar-refractivity contribution is -0.337. The lowest BCUT2D eigenvalue weighted by Gasteiger charge is -2.70. The van der Waals surface area contributed by atoms with E-state index in [1.54, 1.807) is 6.20 Å². The molecule has 1 saturated heterocycles. The van der Waals surface area contributed by atoms with Gasteiger partial charge in [-0.05, 0) is 57.9 Å². The van der Waals surface area contributed by atoms with Crippen LogP contribution in [0.15, 0.2) is 24.7 Å². The van der Waals surface area contributed by atoms with E-state index in [9.17, 15) is 13.2 Å². The van der Waals surface area contributed by atoms with Crippen molar-refractivity contribution in [3.8, 4) is 0 Å². The summed E-state index contributed by atoms with van der Waals surface area (Å²) in [7, 11) is 0. The number of alkyl halides is 3. The number of fused-ring (bicyclic) bond motifs is 1. The maximum absolute atomic E-state index is 13.5. The lowest BCUT2D eigenvalue weighted by Crippen LogP contribution is -2.70. The second-order valence-corrected chi connectivity index (χ2v) is 10.9. The molecule has 8 rings (SSSR count). The Hall–Kier alpha value is -2.55. The molecule has 2 atom stereocenters. The Morgan fingerprint density at radius 2 is 1.88 bits per heavy atom. The van der Waals surface area contributed by atoms with Gasteiger partial charge in [0, 0.05) is 41.6 Å². The highest BCUT2D eigenvalue weighted by atomic mass is 19.4. The van der Waals surface area contributed by atoms with Crippen molar-refractivity contribution in [2.45, 2.75) is 81.5 Å². The highest BCUT2D eigenvalue weighted by Crippen LogP contribution is 2.78. The molecular weight excluding hydrogens is 443 g/mol. The van der Waals surface area contributed by atoms with Crippen molar-refractivity contribution in [2.75, 3.05) is 6.61 Å². The first kappa shape index (κ1) is 20.8. The zero-order chi connectivity index (χ0) is 23.3. The van der Waals surface area contributed by atoms with Crippen LogP contribution in [0.2, 0.25) is 0 Å². The highest BCUT2D eigenvalue weighted by molar-refractivity contribution is 5.79. The molecule has 4 aliphatic carbocycles. The zero-order valence-electron chi connectivity index (χ0n) is 19.0. The van der Waals surface area contributed by atoms with Crippen LogP contribution < -0.4 is 0 Å². The molecule has 0 spiro atoms. The summed E-state index contributed by atoms with van der Waals surface area (Å²) in [6.45, 7) is 2.49. The first-order valence-electron chi connectivity index (χ1n) is 12.1. The van der Waals surface area contributed by atoms with Gasteiger partial charge >= 0.3 is 6.18 Å². The van der Waals surface area contributed by atoms with Crippen molar-refractivity contribution in [3.63, 3.8) is 0 Å². The summed E-state index contributed by atoms with van der Waals surface area (Å²) in [6, 6.07) is 2.51. The quantitative estimate of drug-likeness (QED) is 0.506. The summed E-state index contributed by atoms with van der Waals surface area (Å²) in [6.07, 6.45) is 5.76. The van der Waals surface area contributed by atoms with Crippen LogP contribution >= 0.6 is 0 Å². The molecule has 5 aliphatic rings. The van der Waals surface area contributed by atoms with Gasteiger partial charge in [-0.25, -0.2) is 4.98 Å². The van der Waals surface area contributed by atoms with Crippen LogP contribution in [0.3, 0.4) is 0 Å². The molecule has 0 aromatic carbocycles. The number of nitrogens with zero attached hydrogens (tertiary/aromatic N) is 5. The topological polar surface area (TPSA) is 65.7 Å². The average molecular weight is 470 g/mol. The van der Waals surface area contributed by atoms with Crippen molar-refractivity contribution in [2.24, 2.45) is 5.41 Å². The third-order valence-electron chi connectivity index (χ3n) is 8.42. The minimum atomic E-state index is -4.15. The van der Waals surface area contributed by atoms with E-state index in [1.165, 1.54) is 12.8 Å². The molecule has 4 saturated carbocycles. The molecule has 5 fully saturated rings. The van der Waals surface area contributed by atoms with E-state index in [0.29, 0.717) is 23.9 Å². The smallest absolute Gasteiger partial charge is 0.373 e. The van der Waals surface area contributed by atoms with E-state index in [0.717, 1.165) is 35.3 Å². The first-order valence-corrected chi connectivity index (χ1v) is 12.1. The van der Waals surface area contributed by atoms with Crippen LogP contribution in [0.5, 0.6) is 0 Å². The van der Waals surface area contributed by atoms with Gasteiger partial charge in [-0.3, -0.25) is 14.6 Å². The summed E-state index contributed by atoms with van der Waals surface area (Å²) >= 11 is 0. The van der Waals surface area contributed by atoms with Crippen LogP contribution in [0.4, 0.5) is 13.2 Å². The van der Waals surface area contributed by atoms with Gasteiger partial charge in [0.25, 0.3) is 0 Å². The number of hydrogen-bond donors (Lipinski definition) is 0. The summed E-state index contributed by atoms with van der Waals surface area (Å²) in [4.78, 5) is 14.3. The van der Waals surface area contributed by atoms with Crippen LogP contribution in [0.25, 0.3) is 11.0 Å². The number of hydrogen-bond acceptors (Lipinski definition) is 5. The second kappa shape index (κ2) is 6.77. The molecule has 178 valence electrons. The van der Waals surface area contributed by atoms with E-state index in [2.05, 4.69) is 21.3 Å². The molecule has 6 nitrogen and oxygen atoms in total. The summed E-state index contributed by atoms with van der Waals surface area (Å²) in [5.41, 5.74) is 2.82. The molecule has 1 aliphatic heterocycles. The number of pyridine rings is 1. The fourth-order valence-corrected chi connectivity index (χ4v) is 6.41. The SMILES string of the molecule is Cc1cnc2c(C34CC(C(F)(F)F)(C3)C4)nc([C@H]3CCO[C@H](c4cnn(C5CC5)c4)C3)cc2n1. The summed E-state index contributed by atoms with van der Waals surface area (Å²) in [5.74, 6) is 0.150. The summed E-state index contributed by atoms with van der Waals surface area (Å²) in [5, 5.41) is 4.51. The standard InChI is InChI=1S/C25H26F3N5O/c1-14-8-29-21-19(31-14)7-18(32-22(21)23-11-24(12-23,13-23)25(26,27)28)15-4-5-34-20(6-15)16-9-30-33(10-16)17-2-3-17/h7-10,15,17,20H,2-6,11-13H2,1H3/t15-,20-,23?,24?/m0/s1. The van der Waals surface area contributed by atoms with Crippen molar-refractivity contribution >= 4 is 11.0 Å². The van der Waals surface area contributed by atoms with E-state index in [-0.39, 0.29) is 31.3 Å². The number of rotatable bonds is 4. The molecule has 9 heteroatoms. The van der Waals surface area contributed by atoms with Gasteiger partial charge in [-0.1, -0.05) is 0 Å². The fourth-order valence-electron chi connectivity index (χ4n) is 6.41. The number of aryl methyl sites for hydroxylation is 1. The summed E-state index contributed by atoms with van der Waals surface area (Å²) < 4.78 is 48.7. The Morgan fingerprint density at radius 3 is 2.62 bits per heavy atom. The van der Waals surface area contributed by atoms with E-state index in [4.69, 9.17) is 9.72 Å². The third-order valence-corrected chi connectivity index (χ3v) is 8.42. The zero-order valence-corrected chi connectivity index (χ0v) is 19.0. The predicted molar refractivity (Wildman–Crippen MR) is 117 cm³/mol. The lowest BCUT2D eigenvalue weighted by atomic mass is 9.34. The molecule has 2 bridgehead atoms. The van der Waals surface area contributed by atoms with E-state index < -0.39 is 17.0 Å². The third kappa shape index (κ3) is 2.98.